The maximum Gasteiger partial charge on any atom is 0.0902 e. The Morgan fingerprint density at radius 1 is 1.26 bits per heavy atom. The van der Waals surface area contributed by atoms with Gasteiger partial charge in [-0.2, -0.15) is 0 Å². The lowest BCUT2D eigenvalue weighted by Crippen LogP contribution is -2.18. The number of hydrogen-bond acceptors (Lipinski definition) is 4. The van der Waals surface area contributed by atoms with E-state index in [0.717, 1.165) is 10.6 Å². The molecule has 0 atom stereocenters. The first-order valence-corrected chi connectivity index (χ1v) is 6.23. The standard InChI is InChI=1S/C14H15ClN2O2/c1-19-10-12-14(15)13(7-8-16-12)17(18)9-11-5-3-2-4-6-11/h2-8,18H,9-10H2,1H3. The van der Waals surface area contributed by atoms with Gasteiger partial charge in [0.05, 0.1) is 29.6 Å². The van der Waals surface area contributed by atoms with Crippen molar-refractivity contribution in [1.29, 1.82) is 0 Å². The van der Waals surface area contributed by atoms with E-state index in [4.69, 9.17) is 16.3 Å². The minimum Gasteiger partial charge on any atom is -0.378 e. The molecule has 0 aliphatic heterocycles. The predicted octanol–water partition coefficient (Wildman–Crippen LogP) is 3.28. The van der Waals surface area contributed by atoms with Crippen LogP contribution in [-0.4, -0.2) is 17.3 Å². The van der Waals surface area contributed by atoms with E-state index >= 15 is 0 Å². The van der Waals surface area contributed by atoms with Crippen LogP contribution in [0.1, 0.15) is 11.3 Å². The van der Waals surface area contributed by atoms with Crippen LogP contribution in [-0.2, 0) is 17.9 Å². The molecule has 4 nitrogen and oxygen atoms in total. The molecule has 0 radical (unpaired) electrons. The summed E-state index contributed by atoms with van der Waals surface area (Å²) in [6, 6.07) is 11.3. The van der Waals surface area contributed by atoms with Gasteiger partial charge in [-0.15, -0.1) is 0 Å². The number of methoxy groups -OCH3 is 1. The van der Waals surface area contributed by atoms with Gasteiger partial charge in [0.25, 0.3) is 0 Å². The number of hydroxylamine groups is 1. The average molecular weight is 279 g/mol. The van der Waals surface area contributed by atoms with Crippen LogP contribution >= 0.6 is 11.6 Å². The fourth-order valence-corrected chi connectivity index (χ4v) is 2.02. The van der Waals surface area contributed by atoms with E-state index in [1.165, 1.54) is 0 Å². The Bertz CT molecular complexity index is 534. The van der Waals surface area contributed by atoms with E-state index in [1.807, 2.05) is 30.3 Å². The van der Waals surface area contributed by atoms with Crippen LogP contribution < -0.4 is 5.06 Å². The SMILES string of the molecule is COCc1nccc(N(O)Cc2ccccc2)c1Cl. The van der Waals surface area contributed by atoms with E-state index in [2.05, 4.69) is 4.98 Å². The van der Waals surface area contributed by atoms with E-state index < -0.39 is 0 Å². The Balaban J connectivity index is 2.19. The van der Waals surface area contributed by atoms with Gasteiger partial charge < -0.3 is 4.74 Å². The summed E-state index contributed by atoms with van der Waals surface area (Å²) in [4.78, 5) is 4.12. The lowest BCUT2D eigenvalue weighted by atomic mass is 10.2. The van der Waals surface area contributed by atoms with E-state index in [0.29, 0.717) is 29.6 Å². The van der Waals surface area contributed by atoms with E-state index in [9.17, 15) is 5.21 Å². The Labute approximate surface area is 117 Å². The number of aromatic nitrogens is 1. The second-order valence-electron chi connectivity index (χ2n) is 4.07. The smallest absolute Gasteiger partial charge is 0.0902 e. The molecule has 1 aromatic carbocycles. The molecule has 0 spiro atoms. The summed E-state index contributed by atoms with van der Waals surface area (Å²) in [5.41, 5.74) is 2.12. The van der Waals surface area contributed by atoms with Gasteiger partial charge in [0.15, 0.2) is 0 Å². The lowest BCUT2D eigenvalue weighted by molar-refractivity contribution is 0.181. The molecular formula is C14H15ClN2O2. The molecule has 0 amide bonds. The minimum atomic E-state index is 0.311. The molecule has 0 aliphatic carbocycles. The Kier molecular flexibility index (Phi) is 4.74. The number of anilines is 1. The highest BCUT2D eigenvalue weighted by atomic mass is 35.5. The second kappa shape index (κ2) is 6.52. The molecule has 0 saturated heterocycles. The van der Waals surface area contributed by atoms with Crippen molar-refractivity contribution in [3.63, 3.8) is 0 Å². The molecule has 0 saturated carbocycles. The first kappa shape index (κ1) is 13.8. The van der Waals surface area contributed by atoms with Crippen molar-refractivity contribution in [2.75, 3.05) is 12.2 Å². The summed E-state index contributed by atoms with van der Waals surface area (Å²) in [5, 5.41) is 11.6. The number of benzene rings is 1. The summed E-state index contributed by atoms with van der Waals surface area (Å²) in [7, 11) is 1.57. The van der Waals surface area contributed by atoms with Crippen molar-refractivity contribution >= 4 is 17.3 Å². The second-order valence-corrected chi connectivity index (χ2v) is 4.44. The zero-order valence-corrected chi connectivity index (χ0v) is 11.3. The van der Waals surface area contributed by atoms with Crippen molar-refractivity contribution < 1.29 is 9.94 Å². The van der Waals surface area contributed by atoms with Gasteiger partial charge in [0, 0.05) is 13.3 Å². The summed E-state index contributed by atoms with van der Waals surface area (Å²) in [5.74, 6) is 0. The van der Waals surface area contributed by atoms with Crippen LogP contribution in [0, 0.1) is 0 Å². The summed E-state index contributed by atoms with van der Waals surface area (Å²) >= 11 is 6.20. The minimum absolute atomic E-state index is 0.311. The first-order valence-electron chi connectivity index (χ1n) is 5.85. The maximum absolute atomic E-state index is 10.1. The summed E-state index contributed by atoms with van der Waals surface area (Å²) in [6.07, 6.45) is 1.60. The molecule has 0 fully saturated rings. The van der Waals surface area contributed by atoms with E-state index in [1.54, 1.807) is 19.4 Å². The topological polar surface area (TPSA) is 45.6 Å². The van der Waals surface area contributed by atoms with E-state index in [-0.39, 0.29) is 0 Å². The van der Waals surface area contributed by atoms with Gasteiger partial charge >= 0.3 is 0 Å². The molecule has 19 heavy (non-hydrogen) atoms. The third-order valence-corrected chi connectivity index (χ3v) is 3.09. The van der Waals surface area contributed by atoms with Gasteiger partial charge in [-0.1, -0.05) is 41.9 Å². The third kappa shape index (κ3) is 3.44. The lowest BCUT2D eigenvalue weighted by Gasteiger charge is -2.19. The van der Waals surface area contributed by atoms with Gasteiger partial charge in [-0.3, -0.25) is 15.3 Å². The zero-order valence-electron chi connectivity index (χ0n) is 10.6. The molecule has 2 rings (SSSR count). The molecule has 0 bridgehead atoms. The van der Waals surface area contributed by atoms with Crippen LogP contribution in [0.15, 0.2) is 42.6 Å². The largest absolute Gasteiger partial charge is 0.378 e. The normalized spacial score (nSPS) is 10.5. The molecule has 1 heterocycles. The highest BCUT2D eigenvalue weighted by Gasteiger charge is 2.12. The summed E-state index contributed by atoms with van der Waals surface area (Å²) in [6.45, 7) is 0.669. The predicted molar refractivity (Wildman–Crippen MR) is 74.4 cm³/mol. The average Bonchev–Trinajstić information content (AvgIpc) is 2.42. The number of rotatable bonds is 5. The monoisotopic (exact) mass is 278 g/mol. The number of nitrogens with zero attached hydrogens (tertiary/aromatic N) is 2. The fourth-order valence-electron chi connectivity index (χ4n) is 1.75. The Morgan fingerprint density at radius 3 is 2.68 bits per heavy atom. The molecule has 100 valence electrons. The highest BCUT2D eigenvalue weighted by Crippen LogP contribution is 2.28. The molecule has 0 unspecified atom stereocenters. The van der Waals surface area contributed by atoms with Gasteiger partial charge in [0.2, 0.25) is 0 Å². The molecule has 0 aliphatic rings. The van der Waals surface area contributed by atoms with Crippen LogP contribution in [0.4, 0.5) is 5.69 Å². The number of ether oxygens (including phenoxy) is 1. The van der Waals surface area contributed by atoms with Gasteiger partial charge in [-0.25, -0.2) is 0 Å². The number of halogens is 1. The molecule has 2 aromatic rings. The molecule has 5 heteroatoms. The van der Waals surface area contributed by atoms with Crippen molar-refractivity contribution in [3.8, 4) is 0 Å². The molecule has 1 N–H and O–H groups in total. The molecular weight excluding hydrogens is 264 g/mol. The maximum atomic E-state index is 10.1. The van der Waals surface area contributed by atoms with Crippen LogP contribution in [0.5, 0.6) is 0 Å². The van der Waals surface area contributed by atoms with Crippen molar-refractivity contribution in [2.45, 2.75) is 13.2 Å². The van der Waals surface area contributed by atoms with Crippen LogP contribution in [0.25, 0.3) is 0 Å². The van der Waals surface area contributed by atoms with Crippen molar-refractivity contribution in [2.24, 2.45) is 0 Å². The zero-order chi connectivity index (χ0) is 13.7. The number of pyridine rings is 1. The quantitative estimate of drug-likeness (QED) is 0.853. The summed E-state index contributed by atoms with van der Waals surface area (Å²) < 4.78 is 5.01. The van der Waals surface area contributed by atoms with Crippen molar-refractivity contribution in [3.05, 3.63) is 58.9 Å². The Hall–Kier alpha value is -1.62. The molecule has 1 aromatic heterocycles. The number of hydrogen-bond donors (Lipinski definition) is 1. The highest BCUT2D eigenvalue weighted by molar-refractivity contribution is 6.33. The van der Waals surface area contributed by atoms with Gasteiger partial charge in [0.1, 0.15) is 0 Å². The third-order valence-electron chi connectivity index (χ3n) is 2.68. The first-order chi connectivity index (χ1) is 9.22. The van der Waals surface area contributed by atoms with Crippen molar-refractivity contribution in [1.82, 2.24) is 4.98 Å². The Morgan fingerprint density at radius 2 is 2.00 bits per heavy atom. The van der Waals surface area contributed by atoms with Crippen LogP contribution in [0.3, 0.4) is 0 Å². The van der Waals surface area contributed by atoms with Crippen LogP contribution in [0.2, 0.25) is 5.02 Å². The fraction of sp³-hybridized carbons (Fsp3) is 0.214. The van der Waals surface area contributed by atoms with Gasteiger partial charge in [-0.05, 0) is 11.6 Å².